The molecular weight excluding hydrogens is 478 g/mol. The normalized spacial score (nSPS) is 18.3. The molecule has 0 atom stereocenters. The van der Waals surface area contributed by atoms with Crippen molar-refractivity contribution < 1.29 is 24.2 Å². The van der Waals surface area contributed by atoms with Gasteiger partial charge in [0.25, 0.3) is 0 Å². The third-order valence-corrected chi connectivity index (χ3v) is 7.39. The second-order valence-electron chi connectivity index (χ2n) is 9.46. The molecule has 0 saturated carbocycles. The number of carboxylic acids is 1. The van der Waals surface area contributed by atoms with Crippen LogP contribution in [0.25, 0.3) is 0 Å². The smallest absolute Gasteiger partial charge is 0.305 e. The van der Waals surface area contributed by atoms with E-state index in [4.69, 9.17) is 16.3 Å². The first-order valence-electron chi connectivity index (χ1n) is 12.4. The van der Waals surface area contributed by atoms with Gasteiger partial charge in [-0.2, -0.15) is 0 Å². The molecule has 6 nitrogen and oxygen atoms in total. The van der Waals surface area contributed by atoms with Crippen LogP contribution >= 0.6 is 11.6 Å². The number of rotatable bonds is 7. The summed E-state index contributed by atoms with van der Waals surface area (Å²) < 4.78 is 6.25. The monoisotopic (exact) mass is 505 g/mol. The van der Waals surface area contributed by atoms with Gasteiger partial charge in [0.05, 0.1) is 6.42 Å². The molecule has 0 amide bonds. The summed E-state index contributed by atoms with van der Waals surface area (Å²) in [7, 11) is 0. The van der Waals surface area contributed by atoms with Crippen molar-refractivity contribution in [2.75, 3.05) is 6.54 Å². The number of benzene rings is 2. The average Bonchev–Trinajstić information content (AvgIpc) is 2.87. The van der Waals surface area contributed by atoms with E-state index in [1.807, 2.05) is 35.2 Å². The Labute approximate surface area is 215 Å². The molecule has 2 aromatic carbocycles. The summed E-state index contributed by atoms with van der Waals surface area (Å²) in [6.45, 7) is 0.583. The minimum Gasteiger partial charge on any atom is -0.489 e. The number of Topliss-reactive ketones (excluding diaryl/α,β-unsaturated/α-hetero) is 2. The minimum absolute atomic E-state index is 0.000448. The molecule has 186 valence electrons. The van der Waals surface area contributed by atoms with Gasteiger partial charge in [0.2, 0.25) is 0 Å². The van der Waals surface area contributed by atoms with Crippen LogP contribution < -0.4 is 4.74 Å². The zero-order valence-electron chi connectivity index (χ0n) is 20.0. The van der Waals surface area contributed by atoms with Crippen LogP contribution in [0.15, 0.2) is 71.1 Å². The van der Waals surface area contributed by atoms with E-state index in [2.05, 4.69) is 0 Å². The van der Waals surface area contributed by atoms with Crippen molar-refractivity contribution >= 4 is 29.1 Å². The highest BCUT2D eigenvalue weighted by Gasteiger charge is 2.44. The van der Waals surface area contributed by atoms with Gasteiger partial charge in [-0.05, 0) is 49.4 Å². The molecule has 2 aromatic rings. The molecule has 0 bridgehead atoms. The molecule has 1 N–H and O–H groups in total. The molecule has 7 heteroatoms. The Morgan fingerprint density at radius 2 is 1.58 bits per heavy atom. The molecule has 0 spiro atoms. The van der Waals surface area contributed by atoms with Crippen LogP contribution in [-0.4, -0.2) is 34.1 Å². The number of aliphatic carboxylic acids is 1. The third kappa shape index (κ3) is 4.70. The predicted octanol–water partition coefficient (Wildman–Crippen LogP) is 5.81. The van der Waals surface area contributed by atoms with E-state index in [0.29, 0.717) is 72.6 Å². The van der Waals surface area contributed by atoms with E-state index in [9.17, 15) is 19.5 Å². The molecule has 2 aliphatic carbocycles. The Morgan fingerprint density at radius 1 is 0.944 bits per heavy atom. The lowest BCUT2D eigenvalue weighted by atomic mass is 9.70. The SMILES string of the molecule is O=C(O)CCN1C2=C(C(=O)CCC2)C(c2cc(Cl)ccc2OCc2ccccc2)C2=C1CCCC2=O. The fourth-order valence-electron chi connectivity index (χ4n) is 5.62. The fraction of sp³-hybridized carbons (Fsp3) is 0.345. The second-order valence-corrected chi connectivity index (χ2v) is 9.90. The van der Waals surface area contributed by atoms with E-state index < -0.39 is 11.9 Å². The van der Waals surface area contributed by atoms with Crippen LogP contribution in [0.4, 0.5) is 0 Å². The number of halogens is 1. The molecule has 0 fully saturated rings. The average molecular weight is 506 g/mol. The molecule has 1 heterocycles. The number of allylic oxidation sites excluding steroid dienone is 4. The molecule has 3 aliphatic rings. The van der Waals surface area contributed by atoms with Gasteiger partial charge in [-0.15, -0.1) is 0 Å². The van der Waals surface area contributed by atoms with E-state index in [0.717, 1.165) is 17.0 Å². The van der Waals surface area contributed by atoms with Crippen molar-refractivity contribution in [2.24, 2.45) is 0 Å². The predicted molar refractivity (Wildman–Crippen MR) is 136 cm³/mol. The Balaban J connectivity index is 1.64. The highest BCUT2D eigenvalue weighted by atomic mass is 35.5. The standard InChI is InChI=1S/C29H28ClNO5/c30-19-12-13-25(36-17-18-6-2-1-3-7-18)20(16-19)27-28-21(8-4-10-23(28)32)31(15-14-26(34)35)22-9-5-11-24(33)29(22)27/h1-3,6-7,12-13,16,27H,4-5,8-11,14-15,17H2,(H,34,35). The molecule has 5 rings (SSSR count). The van der Waals surface area contributed by atoms with Crippen molar-refractivity contribution in [3.8, 4) is 5.75 Å². The highest BCUT2D eigenvalue weighted by Crippen LogP contribution is 2.51. The Bertz CT molecular complexity index is 1240. The van der Waals surface area contributed by atoms with Crippen molar-refractivity contribution in [1.82, 2.24) is 4.90 Å². The number of carbonyl (C=O) groups is 3. The van der Waals surface area contributed by atoms with Gasteiger partial charge in [0.1, 0.15) is 12.4 Å². The van der Waals surface area contributed by atoms with Crippen molar-refractivity contribution in [3.63, 3.8) is 0 Å². The highest BCUT2D eigenvalue weighted by molar-refractivity contribution is 6.30. The lowest BCUT2D eigenvalue weighted by Gasteiger charge is -2.44. The number of ketones is 2. The maximum Gasteiger partial charge on any atom is 0.305 e. The number of carbonyl (C=O) groups excluding carboxylic acids is 2. The summed E-state index contributed by atoms with van der Waals surface area (Å²) in [6.07, 6.45) is 3.49. The summed E-state index contributed by atoms with van der Waals surface area (Å²) in [6, 6.07) is 15.2. The zero-order valence-corrected chi connectivity index (χ0v) is 20.7. The molecule has 0 saturated heterocycles. The first-order valence-corrected chi connectivity index (χ1v) is 12.8. The minimum atomic E-state index is -0.905. The van der Waals surface area contributed by atoms with Gasteiger partial charge in [-0.1, -0.05) is 41.9 Å². The van der Waals surface area contributed by atoms with Crippen LogP contribution in [0, 0.1) is 0 Å². The molecule has 0 unspecified atom stereocenters. The van der Waals surface area contributed by atoms with Gasteiger partial charge in [0, 0.05) is 58.4 Å². The number of carboxylic acid groups (broad SMARTS) is 1. The molecule has 0 radical (unpaired) electrons. The number of hydrogen-bond donors (Lipinski definition) is 1. The van der Waals surface area contributed by atoms with Gasteiger partial charge in [-0.3, -0.25) is 14.4 Å². The lowest BCUT2D eigenvalue weighted by Crippen LogP contribution is -2.40. The van der Waals surface area contributed by atoms with E-state index >= 15 is 0 Å². The summed E-state index contributed by atoms with van der Waals surface area (Å²) >= 11 is 6.46. The van der Waals surface area contributed by atoms with Crippen LogP contribution in [-0.2, 0) is 21.0 Å². The summed E-state index contributed by atoms with van der Waals surface area (Å²) in [4.78, 5) is 40.3. The summed E-state index contributed by atoms with van der Waals surface area (Å²) in [5, 5.41) is 9.87. The van der Waals surface area contributed by atoms with Crippen LogP contribution in [0.2, 0.25) is 5.02 Å². The van der Waals surface area contributed by atoms with Crippen molar-refractivity contribution in [1.29, 1.82) is 0 Å². The Morgan fingerprint density at radius 3 is 2.19 bits per heavy atom. The third-order valence-electron chi connectivity index (χ3n) is 7.16. The number of hydrogen-bond acceptors (Lipinski definition) is 5. The maximum atomic E-state index is 13.4. The topological polar surface area (TPSA) is 83.9 Å². The van der Waals surface area contributed by atoms with Gasteiger partial charge < -0.3 is 14.7 Å². The molecular formula is C29H28ClNO5. The van der Waals surface area contributed by atoms with Crippen LogP contribution in [0.1, 0.15) is 62.0 Å². The van der Waals surface area contributed by atoms with Crippen molar-refractivity contribution in [3.05, 3.63) is 87.2 Å². The first-order chi connectivity index (χ1) is 17.4. The van der Waals surface area contributed by atoms with Crippen LogP contribution in [0.3, 0.4) is 0 Å². The van der Waals surface area contributed by atoms with Gasteiger partial charge in [0.15, 0.2) is 11.6 Å². The van der Waals surface area contributed by atoms with Gasteiger partial charge in [-0.25, -0.2) is 0 Å². The molecule has 0 aromatic heterocycles. The number of ether oxygens (including phenoxy) is 1. The first kappa shape index (κ1) is 24.3. The van der Waals surface area contributed by atoms with E-state index in [1.54, 1.807) is 18.2 Å². The quantitative estimate of drug-likeness (QED) is 0.511. The summed E-state index contributed by atoms with van der Waals surface area (Å²) in [5.41, 5.74) is 4.59. The zero-order chi connectivity index (χ0) is 25.2. The van der Waals surface area contributed by atoms with E-state index in [-0.39, 0.29) is 24.5 Å². The number of nitrogens with zero attached hydrogens (tertiary/aromatic N) is 1. The Kier molecular flexibility index (Phi) is 6.97. The molecule has 1 aliphatic heterocycles. The fourth-order valence-corrected chi connectivity index (χ4v) is 5.80. The second kappa shape index (κ2) is 10.3. The van der Waals surface area contributed by atoms with Crippen molar-refractivity contribution in [2.45, 2.75) is 57.5 Å². The Hall–Kier alpha value is -3.38. The largest absolute Gasteiger partial charge is 0.489 e. The summed E-state index contributed by atoms with van der Waals surface area (Å²) in [5.74, 6) is -0.887. The maximum absolute atomic E-state index is 13.4. The van der Waals surface area contributed by atoms with E-state index in [1.165, 1.54) is 0 Å². The molecule has 36 heavy (non-hydrogen) atoms. The lowest BCUT2D eigenvalue weighted by molar-refractivity contribution is -0.137. The van der Waals surface area contributed by atoms with Crippen LogP contribution in [0.5, 0.6) is 5.75 Å². The van der Waals surface area contributed by atoms with Gasteiger partial charge >= 0.3 is 5.97 Å².